The maximum Gasteiger partial charge on any atom is 0.218 e. The molecular weight excluding hydrogens is 226 g/mol. The Hall–Kier alpha value is -1.03. The van der Waals surface area contributed by atoms with Gasteiger partial charge in [0.05, 0.1) is 7.11 Å². The molecular formula is C11H18ClN3O. The first-order valence-corrected chi connectivity index (χ1v) is 5.87. The lowest BCUT2D eigenvalue weighted by Gasteiger charge is -2.29. The third kappa shape index (κ3) is 3.52. The highest BCUT2D eigenvalue weighted by molar-refractivity contribution is 6.17. The van der Waals surface area contributed by atoms with Crippen LogP contribution in [0.2, 0.25) is 0 Å². The summed E-state index contributed by atoms with van der Waals surface area (Å²) in [5, 5.41) is 3.37. The van der Waals surface area contributed by atoms with Crippen molar-refractivity contribution in [3.8, 4) is 5.88 Å². The summed E-state index contributed by atoms with van der Waals surface area (Å²) in [6.07, 6.45) is 3.35. The van der Waals surface area contributed by atoms with Crippen molar-refractivity contribution >= 4 is 17.4 Å². The van der Waals surface area contributed by atoms with E-state index < -0.39 is 0 Å². The predicted molar refractivity (Wildman–Crippen MR) is 66.2 cm³/mol. The highest BCUT2D eigenvalue weighted by atomic mass is 35.5. The van der Waals surface area contributed by atoms with Gasteiger partial charge in [-0.2, -0.15) is 0 Å². The average molecular weight is 244 g/mol. The molecule has 1 heterocycles. The number of halogens is 1. The van der Waals surface area contributed by atoms with Gasteiger partial charge >= 0.3 is 0 Å². The molecule has 0 bridgehead atoms. The van der Waals surface area contributed by atoms with E-state index in [9.17, 15) is 0 Å². The monoisotopic (exact) mass is 243 g/mol. The Morgan fingerprint density at radius 2 is 2.25 bits per heavy atom. The van der Waals surface area contributed by atoms with Crippen LogP contribution in [0.15, 0.2) is 12.4 Å². The molecule has 4 nitrogen and oxygen atoms in total. The summed E-state index contributed by atoms with van der Waals surface area (Å²) in [4.78, 5) is 8.12. The average Bonchev–Trinajstić information content (AvgIpc) is 2.29. The van der Waals surface area contributed by atoms with Gasteiger partial charge in [-0.15, -0.1) is 11.6 Å². The molecule has 0 spiro atoms. The summed E-state index contributed by atoms with van der Waals surface area (Å²) in [5.74, 6) is 1.95. The Morgan fingerprint density at radius 1 is 1.50 bits per heavy atom. The van der Waals surface area contributed by atoms with Crippen molar-refractivity contribution < 1.29 is 4.74 Å². The molecule has 0 aliphatic heterocycles. The van der Waals surface area contributed by atoms with E-state index >= 15 is 0 Å². The van der Waals surface area contributed by atoms with Crippen molar-refractivity contribution in [2.75, 3.05) is 18.3 Å². The zero-order valence-electron chi connectivity index (χ0n) is 9.96. The van der Waals surface area contributed by atoms with Crippen LogP contribution in [-0.4, -0.2) is 28.5 Å². The highest BCUT2D eigenvalue weighted by Gasteiger charge is 2.21. The van der Waals surface area contributed by atoms with Crippen LogP contribution >= 0.6 is 11.6 Å². The summed E-state index contributed by atoms with van der Waals surface area (Å²) in [7, 11) is 1.59. The number of rotatable bonds is 6. The third-order valence-corrected chi connectivity index (χ3v) is 2.90. The predicted octanol–water partition coefficient (Wildman–Crippen LogP) is 2.69. The van der Waals surface area contributed by atoms with Crippen LogP contribution in [0.5, 0.6) is 5.88 Å². The molecule has 0 aliphatic rings. The van der Waals surface area contributed by atoms with Crippen LogP contribution in [0.1, 0.15) is 26.7 Å². The number of alkyl halides is 1. The molecule has 0 radical (unpaired) electrons. The molecule has 0 saturated carbocycles. The first kappa shape index (κ1) is 13.0. The summed E-state index contributed by atoms with van der Waals surface area (Å²) in [6.45, 7) is 4.25. The number of anilines is 1. The summed E-state index contributed by atoms with van der Waals surface area (Å²) in [6, 6.07) is 1.78. The zero-order valence-corrected chi connectivity index (χ0v) is 10.7. The number of methoxy groups -OCH3 is 1. The molecule has 1 atom stereocenters. The molecule has 0 aromatic carbocycles. The van der Waals surface area contributed by atoms with Gasteiger partial charge < -0.3 is 10.1 Å². The first-order chi connectivity index (χ1) is 7.63. The lowest BCUT2D eigenvalue weighted by atomic mass is 9.95. The highest BCUT2D eigenvalue weighted by Crippen LogP contribution is 2.22. The van der Waals surface area contributed by atoms with Crippen LogP contribution in [0, 0.1) is 0 Å². The minimum atomic E-state index is -0.0406. The van der Waals surface area contributed by atoms with Crippen molar-refractivity contribution in [2.45, 2.75) is 32.2 Å². The van der Waals surface area contributed by atoms with Crippen molar-refractivity contribution in [3.05, 3.63) is 12.4 Å². The minimum absolute atomic E-state index is 0.0406. The Kier molecular flexibility index (Phi) is 4.80. The van der Waals surface area contributed by atoms with E-state index in [4.69, 9.17) is 16.3 Å². The molecule has 0 saturated heterocycles. The second kappa shape index (κ2) is 5.89. The van der Waals surface area contributed by atoms with Crippen LogP contribution in [0.3, 0.4) is 0 Å². The fourth-order valence-corrected chi connectivity index (χ4v) is 1.78. The molecule has 5 heteroatoms. The number of hydrogen-bond donors (Lipinski definition) is 1. The van der Waals surface area contributed by atoms with Crippen LogP contribution in [-0.2, 0) is 0 Å². The van der Waals surface area contributed by atoms with Crippen LogP contribution in [0.4, 0.5) is 5.82 Å². The van der Waals surface area contributed by atoms with Crippen LogP contribution in [0.25, 0.3) is 0 Å². The van der Waals surface area contributed by atoms with Gasteiger partial charge in [0.1, 0.15) is 12.1 Å². The fourth-order valence-electron chi connectivity index (χ4n) is 1.36. The second-order valence-corrected chi connectivity index (χ2v) is 4.30. The zero-order chi connectivity index (χ0) is 12.0. The number of aromatic nitrogens is 2. The lowest BCUT2D eigenvalue weighted by Crippen LogP contribution is -2.34. The van der Waals surface area contributed by atoms with Crippen molar-refractivity contribution in [3.63, 3.8) is 0 Å². The van der Waals surface area contributed by atoms with E-state index in [1.807, 2.05) is 0 Å². The largest absolute Gasteiger partial charge is 0.481 e. The van der Waals surface area contributed by atoms with Gasteiger partial charge in [0, 0.05) is 17.5 Å². The van der Waals surface area contributed by atoms with Crippen molar-refractivity contribution in [1.82, 2.24) is 9.97 Å². The van der Waals surface area contributed by atoms with E-state index in [2.05, 4.69) is 29.1 Å². The third-order valence-electron chi connectivity index (χ3n) is 2.71. The Labute approximate surface area is 101 Å². The molecule has 16 heavy (non-hydrogen) atoms. The lowest BCUT2D eigenvalue weighted by molar-refractivity contribution is 0.396. The SMILES string of the molecule is CCC(C)(CCCl)Nc1cc(OC)ncn1. The Bertz CT molecular complexity index is 335. The summed E-state index contributed by atoms with van der Waals surface area (Å²) < 4.78 is 5.05. The van der Waals surface area contributed by atoms with Gasteiger partial charge in [-0.05, 0) is 19.8 Å². The van der Waals surface area contributed by atoms with Gasteiger partial charge in [0.2, 0.25) is 5.88 Å². The molecule has 0 amide bonds. The van der Waals surface area contributed by atoms with Crippen molar-refractivity contribution in [2.24, 2.45) is 0 Å². The standard InChI is InChI=1S/C11H18ClN3O/c1-4-11(2,5-6-12)15-9-7-10(16-3)14-8-13-9/h7-8H,4-6H2,1-3H3,(H,13,14,15). The van der Waals surface area contributed by atoms with E-state index in [1.54, 1.807) is 13.2 Å². The summed E-state index contributed by atoms with van der Waals surface area (Å²) >= 11 is 5.79. The number of ether oxygens (including phenoxy) is 1. The first-order valence-electron chi connectivity index (χ1n) is 5.33. The smallest absolute Gasteiger partial charge is 0.218 e. The summed E-state index contributed by atoms with van der Waals surface area (Å²) in [5.41, 5.74) is -0.0406. The fraction of sp³-hybridized carbons (Fsp3) is 0.636. The molecule has 1 aromatic heterocycles. The number of hydrogen-bond acceptors (Lipinski definition) is 4. The molecule has 1 unspecified atom stereocenters. The van der Waals surface area contributed by atoms with Gasteiger partial charge in [0.25, 0.3) is 0 Å². The van der Waals surface area contributed by atoms with Gasteiger partial charge in [0.15, 0.2) is 0 Å². The molecule has 0 aliphatic carbocycles. The van der Waals surface area contributed by atoms with Crippen LogP contribution < -0.4 is 10.1 Å². The second-order valence-electron chi connectivity index (χ2n) is 3.92. The number of nitrogens with zero attached hydrogens (tertiary/aromatic N) is 2. The normalized spacial score (nSPS) is 14.2. The van der Waals surface area contributed by atoms with E-state index in [0.29, 0.717) is 11.8 Å². The molecule has 0 fully saturated rings. The van der Waals surface area contributed by atoms with Gasteiger partial charge in [-0.25, -0.2) is 9.97 Å². The van der Waals surface area contributed by atoms with Gasteiger partial charge in [-0.1, -0.05) is 6.92 Å². The van der Waals surface area contributed by atoms with E-state index in [1.165, 1.54) is 6.33 Å². The maximum absolute atomic E-state index is 5.79. The minimum Gasteiger partial charge on any atom is -0.481 e. The topological polar surface area (TPSA) is 47.0 Å². The Balaban J connectivity index is 2.77. The van der Waals surface area contributed by atoms with Crippen molar-refractivity contribution in [1.29, 1.82) is 0 Å². The van der Waals surface area contributed by atoms with E-state index in [0.717, 1.165) is 18.7 Å². The van der Waals surface area contributed by atoms with Gasteiger partial charge in [-0.3, -0.25) is 0 Å². The quantitative estimate of drug-likeness (QED) is 0.781. The molecule has 1 N–H and O–H groups in total. The number of nitrogens with one attached hydrogen (secondary N) is 1. The Morgan fingerprint density at radius 3 is 2.81 bits per heavy atom. The maximum atomic E-state index is 5.79. The molecule has 1 aromatic rings. The van der Waals surface area contributed by atoms with E-state index in [-0.39, 0.29) is 5.54 Å². The molecule has 90 valence electrons. The molecule has 1 rings (SSSR count).